The summed E-state index contributed by atoms with van der Waals surface area (Å²) in [6, 6.07) is 6.10. The van der Waals surface area contributed by atoms with Gasteiger partial charge >= 0.3 is 6.09 Å². The van der Waals surface area contributed by atoms with Gasteiger partial charge in [0.15, 0.2) is 0 Å². The summed E-state index contributed by atoms with van der Waals surface area (Å²) in [5.41, 5.74) is 0.600. The van der Waals surface area contributed by atoms with Gasteiger partial charge in [-0.05, 0) is 23.1 Å². The number of piperazine rings is 1. The molecule has 1 heterocycles. The number of nitrogens with zero attached hydrogens (tertiary/aromatic N) is 3. The summed E-state index contributed by atoms with van der Waals surface area (Å²) >= 11 is 0. The number of aliphatic hydroxyl groups is 2. The van der Waals surface area contributed by atoms with Crippen LogP contribution in [0.5, 0.6) is 5.75 Å². The van der Waals surface area contributed by atoms with E-state index in [2.05, 4.69) is 0 Å². The second kappa shape index (κ2) is 8.78. The Hall–Kier alpha value is -2.34. The van der Waals surface area contributed by atoms with Crippen LogP contribution in [0.3, 0.4) is 0 Å². The van der Waals surface area contributed by atoms with Gasteiger partial charge in [-0.2, -0.15) is 5.26 Å². The minimum Gasteiger partial charge on any atom is -0.495 e. The minimum atomic E-state index is -1.00. The first-order valence-electron chi connectivity index (χ1n) is 9.24. The van der Waals surface area contributed by atoms with Crippen LogP contribution in [0.15, 0.2) is 18.2 Å². The third-order valence-electron chi connectivity index (χ3n) is 5.26. The number of carboxylic acid groups (broad SMARTS) is 1. The van der Waals surface area contributed by atoms with Crippen molar-refractivity contribution >= 4 is 6.09 Å². The lowest BCUT2D eigenvalue weighted by molar-refractivity contribution is -0.0540. The van der Waals surface area contributed by atoms with Crippen molar-refractivity contribution in [3.05, 3.63) is 29.3 Å². The van der Waals surface area contributed by atoms with E-state index in [9.17, 15) is 20.1 Å². The minimum absolute atomic E-state index is 0.213. The molecule has 1 aromatic carbocycles. The summed E-state index contributed by atoms with van der Waals surface area (Å²) in [6.07, 6.45) is -1.87. The van der Waals surface area contributed by atoms with Crippen LogP contribution in [-0.4, -0.2) is 76.6 Å². The van der Waals surface area contributed by atoms with Crippen LogP contribution in [0.4, 0.5) is 4.79 Å². The Morgan fingerprint density at radius 3 is 2.57 bits per heavy atom. The predicted molar refractivity (Wildman–Crippen MR) is 103 cm³/mol. The van der Waals surface area contributed by atoms with Crippen molar-refractivity contribution in [2.45, 2.75) is 39.0 Å². The molecule has 28 heavy (non-hydrogen) atoms. The first-order chi connectivity index (χ1) is 13.1. The summed E-state index contributed by atoms with van der Waals surface area (Å²) in [7, 11) is 1.47. The molecular formula is C20H29N3O5. The molecule has 1 aliphatic rings. The zero-order valence-electron chi connectivity index (χ0n) is 16.8. The Bertz CT molecular complexity index is 740. The number of nitriles is 1. The van der Waals surface area contributed by atoms with Gasteiger partial charge < -0.3 is 25.0 Å². The monoisotopic (exact) mass is 391 g/mol. The molecule has 3 N–H and O–H groups in total. The average molecular weight is 391 g/mol. The molecule has 2 rings (SSSR count). The van der Waals surface area contributed by atoms with Crippen molar-refractivity contribution in [1.29, 1.82) is 5.26 Å². The molecular weight excluding hydrogens is 362 g/mol. The standard InChI is InChI=1S/C20H29N3O5/c1-20(2,3)18-15(12-24)22(7-8-23(18)19(26)27)11-16(25)13-5-6-14(10-21)17(9-13)28-4/h5-6,9,15-16,18,24-25H,7-8,11-12H2,1-4H3,(H,26,27)/t15-,16?,18?/m1/s1. The van der Waals surface area contributed by atoms with Crippen LogP contribution in [-0.2, 0) is 0 Å². The van der Waals surface area contributed by atoms with E-state index in [0.717, 1.165) is 0 Å². The maximum absolute atomic E-state index is 11.7. The third-order valence-corrected chi connectivity index (χ3v) is 5.26. The topological polar surface area (TPSA) is 117 Å². The Balaban J connectivity index is 2.25. The Morgan fingerprint density at radius 2 is 2.07 bits per heavy atom. The molecule has 0 saturated carbocycles. The second-order valence-electron chi connectivity index (χ2n) is 8.12. The van der Waals surface area contributed by atoms with Gasteiger partial charge in [-0.15, -0.1) is 0 Å². The molecule has 3 atom stereocenters. The highest BCUT2D eigenvalue weighted by Crippen LogP contribution is 2.33. The summed E-state index contributed by atoms with van der Waals surface area (Å²) in [5.74, 6) is 0.390. The molecule has 1 fully saturated rings. The number of amides is 1. The number of rotatable bonds is 5. The quantitative estimate of drug-likeness (QED) is 0.699. The first kappa shape index (κ1) is 22.0. The van der Waals surface area contributed by atoms with Crippen LogP contribution in [0, 0.1) is 16.7 Å². The van der Waals surface area contributed by atoms with E-state index >= 15 is 0 Å². The van der Waals surface area contributed by atoms with E-state index in [1.165, 1.54) is 12.0 Å². The number of aliphatic hydroxyl groups excluding tert-OH is 2. The van der Waals surface area contributed by atoms with Crippen molar-refractivity contribution in [2.75, 3.05) is 33.4 Å². The highest BCUT2D eigenvalue weighted by atomic mass is 16.5. The van der Waals surface area contributed by atoms with Gasteiger partial charge in [0.1, 0.15) is 11.8 Å². The summed E-state index contributed by atoms with van der Waals surface area (Å²) in [4.78, 5) is 15.0. The zero-order chi connectivity index (χ0) is 21.1. The number of carbonyl (C=O) groups is 1. The molecule has 1 saturated heterocycles. The van der Waals surface area contributed by atoms with E-state index in [1.807, 2.05) is 31.7 Å². The van der Waals surface area contributed by atoms with Gasteiger partial charge in [-0.25, -0.2) is 4.79 Å². The van der Waals surface area contributed by atoms with E-state index < -0.39 is 24.3 Å². The number of benzene rings is 1. The molecule has 2 unspecified atom stereocenters. The lowest BCUT2D eigenvalue weighted by Gasteiger charge is -2.51. The molecule has 8 nitrogen and oxygen atoms in total. The number of hydrogen-bond acceptors (Lipinski definition) is 6. The highest BCUT2D eigenvalue weighted by molar-refractivity contribution is 5.66. The average Bonchev–Trinajstić information content (AvgIpc) is 2.65. The number of β-amino-alcohol motifs (C(OH)–C–C–N with tert-alkyl or cyclic N) is 1. The fourth-order valence-electron chi connectivity index (χ4n) is 3.98. The lowest BCUT2D eigenvalue weighted by Crippen LogP contribution is -2.66. The zero-order valence-corrected chi connectivity index (χ0v) is 16.8. The lowest BCUT2D eigenvalue weighted by atomic mass is 9.79. The van der Waals surface area contributed by atoms with Gasteiger partial charge in [-0.1, -0.05) is 26.8 Å². The summed E-state index contributed by atoms with van der Waals surface area (Å²) in [5, 5.41) is 39.4. The summed E-state index contributed by atoms with van der Waals surface area (Å²) in [6.45, 7) is 6.58. The Labute approximate surface area is 165 Å². The molecule has 1 amide bonds. The fourth-order valence-corrected chi connectivity index (χ4v) is 3.98. The van der Waals surface area contributed by atoms with Gasteiger partial charge in [0.2, 0.25) is 0 Å². The number of methoxy groups -OCH3 is 1. The van der Waals surface area contributed by atoms with E-state index in [0.29, 0.717) is 30.0 Å². The van der Waals surface area contributed by atoms with E-state index in [1.54, 1.807) is 18.2 Å². The van der Waals surface area contributed by atoms with Crippen LogP contribution in [0.25, 0.3) is 0 Å². The smallest absolute Gasteiger partial charge is 0.407 e. The van der Waals surface area contributed by atoms with Crippen molar-refractivity contribution in [3.63, 3.8) is 0 Å². The van der Waals surface area contributed by atoms with Crippen molar-refractivity contribution < 1.29 is 24.9 Å². The van der Waals surface area contributed by atoms with Gasteiger partial charge in [0.05, 0.1) is 37.5 Å². The Kier molecular flexibility index (Phi) is 6.88. The number of hydrogen-bond donors (Lipinski definition) is 3. The molecule has 1 aromatic rings. The number of ether oxygens (including phenoxy) is 1. The Morgan fingerprint density at radius 1 is 1.39 bits per heavy atom. The second-order valence-corrected chi connectivity index (χ2v) is 8.12. The molecule has 0 bridgehead atoms. The molecule has 0 aliphatic carbocycles. The maximum Gasteiger partial charge on any atom is 0.407 e. The molecule has 154 valence electrons. The molecule has 0 radical (unpaired) electrons. The van der Waals surface area contributed by atoms with Crippen LogP contribution in [0.1, 0.15) is 38.0 Å². The van der Waals surface area contributed by atoms with Crippen molar-refractivity contribution in [3.8, 4) is 11.8 Å². The normalized spacial score (nSPS) is 21.8. The van der Waals surface area contributed by atoms with E-state index in [-0.39, 0.29) is 18.6 Å². The largest absolute Gasteiger partial charge is 0.495 e. The van der Waals surface area contributed by atoms with Crippen molar-refractivity contribution in [1.82, 2.24) is 9.80 Å². The van der Waals surface area contributed by atoms with Gasteiger partial charge in [0.25, 0.3) is 0 Å². The molecule has 1 aliphatic heterocycles. The molecule has 0 spiro atoms. The highest BCUT2D eigenvalue weighted by Gasteiger charge is 2.45. The van der Waals surface area contributed by atoms with Gasteiger partial charge in [-0.3, -0.25) is 4.90 Å². The van der Waals surface area contributed by atoms with Crippen molar-refractivity contribution in [2.24, 2.45) is 5.41 Å². The molecule has 8 heteroatoms. The van der Waals surface area contributed by atoms with Gasteiger partial charge in [0, 0.05) is 19.6 Å². The first-order valence-corrected chi connectivity index (χ1v) is 9.24. The van der Waals surface area contributed by atoms with Crippen LogP contribution >= 0.6 is 0 Å². The van der Waals surface area contributed by atoms with Crippen LogP contribution < -0.4 is 4.74 Å². The maximum atomic E-state index is 11.7. The molecule has 0 aromatic heterocycles. The summed E-state index contributed by atoms with van der Waals surface area (Å²) < 4.78 is 5.20. The SMILES string of the molecule is COc1cc(C(O)CN2CCN(C(=O)O)C(C(C)(C)C)[C@H]2CO)ccc1C#N. The van der Waals surface area contributed by atoms with Crippen LogP contribution in [0.2, 0.25) is 0 Å². The van der Waals surface area contributed by atoms with E-state index in [4.69, 9.17) is 10.00 Å². The third kappa shape index (κ3) is 4.55. The fraction of sp³-hybridized carbons (Fsp3) is 0.600. The predicted octanol–water partition coefficient (Wildman–Crippen LogP) is 1.67.